The van der Waals surface area contributed by atoms with Crippen LogP contribution in [0.3, 0.4) is 0 Å². The summed E-state index contributed by atoms with van der Waals surface area (Å²) >= 11 is 0. The molecule has 0 atom stereocenters. The zero-order chi connectivity index (χ0) is 13.9. The van der Waals surface area contributed by atoms with Gasteiger partial charge >= 0.3 is 0 Å². The van der Waals surface area contributed by atoms with Crippen molar-refractivity contribution in [1.82, 2.24) is 0 Å². The molecule has 0 aliphatic heterocycles. The molecule has 1 aromatic rings. The van der Waals surface area contributed by atoms with Crippen LogP contribution in [0.5, 0.6) is 17.2 Å². The predicted molar refractivity (Wildman–Crippen MR) is 69.5 cm³/mol. The maximum Gasteiger partial charge on any atom is 0.167 e. The van der Waals surface area contributed by atoms with Crippen LogP contribution >= 0.6 is 0 Å². The van der Waals surface area contributed by atoms with Crippen LogP contribution in [0.1, 0.15) is 36.7 Å². The molecule has 1 aromatic carbocycles. The Labute approximate surface area is 107 Å². The van der Waals surface area contributed by atoms with E-state index < -0.39 is 0 Å². The number of ketones is 1. The standard InChI is InChI=1S/C14H18O4/c1-8(2)5-6-10-12(18-4)7-11(16)13(9(3)15)14(10)17/h5,7,16-17H,6H2,1-4H3. The lowest BCUT2D eigenvalue weighted by atomic mass is 10.0. The van der Waals surface area contributed by atoms with Crippen molar-refractivity contribution in [3.8, 4) is 17.2 Å². The molecule has 0 radical (unpaired) electrons. The smallest absolute Gasteiger partial charge is 0.167 e. The number of rotatable bonds is 4. The number of ether oxygens (including phenoxy) is 1. The maximum atomic E-state index is 11.4. The molecule has 0 saturated heterocycles. The minimum Gasteiger partial charge on any atom is -0.507 e. The second-order valence-corrected chi connectivity index (χ2v) is 4.34. The van der Waals surface area contributed by atoms with Gasteiger partial charge in [-0.15, -0.1) is 0 Å². The Kier molecular flexibility index (Phi) is 4.37. The molecule has 4 nitrogen and oxygen atoms in total. The molecule has 18 heavy (non-hydrogen) atoms. The Balaban J connectivity index is 3.42. The molecule has 98 valence electrons. The Morgan fingerprint density at radius 3 is 2.39 bits per heavy atom. The molecule has 0 aromatic heterocycles. The van der Waals surface area contributed by atoms with Crippen LogP contribution in [0, 0.1) is 0 Å². The van der Waals surface area contributed by atoms with Gasteiger partial charge < -0.3 is 14.9 Å². The van der Waals surface area contributed by atoms with Crippen molar-refractivity contribution >= 4 is 5.78 Å². The van der Waals surface area contributed by atoms with Crippen LogP contribution in [0.25, 0.3) is 0 Å². The average Bonchev–Trinajstić information content (AvgIpc) is 2.26. The summed E-state index contributed by atoms with van der Waals surface area (Å²) in [5, 5.41) is 19.8. The first kappa shape index (κ1) is 14.1. The molecule has 2 N–H and O–H groups in total. The lowest BCUT2D eigenvalue weighted by Crippen LogP contribution is -2.00. The summed E-state index contributed by atoms with van der Waals surface area (Å²) in [5.74, 6) is -0.492. The summed E-state index contributed by atoms with van der Waals surface area (Å²) in [4.78, 5) is 11.4. The second kappa shape index (κ2) is 5.58. The Hall–Kier alpha value is -1.97. The summed E-state index contributed by atoms with van der Waals surface area (Å²) in [6, 6.07) is 1.35. The van der Waals surface area contributed by atoms with Crippen molar-refractivity contribution < 1.29 is 19.7 Å². The molecule has 1 rings (SSSR count). The third-order valence-electron chi connectivity index (χ3n) is 2.63. The van der Waals surface area contributed by atoms with E-state index in [4.69, 9.17) is 4.74 Å². The summed E-state index contributed by atoms with van der Waals surface area (Å²) < 4.78 is 5.11. The van der Waals surface area contributed by atoms with Gasteiger partial charge in [-0.05, 0) is 27.2 Å². The third-order valence-corrected chi connectivity index (χ3v) is 2.63. The Morgan fingerprint density at radius 2 is 1.94 bits per heavy atom. The minimum absolute atomic E-state index is 0.0621. The molecule has 0 fully saturated rings. The fourth-order valence-corrected chi connectivity index (χ4v) is 1.71. The topological polar surface area (TPSA) is 66.8 Å². The Morgan fingerprint density at radius 1 is 1.33 bits per heavy atom. The summed E-state index contributed by atoms with van der Waals surface area (Å²) in [5.41, 5.74) is 1.53. The lowest BCUT2D eigenvalue weighted by Gasteiger charge is -2.13. The van der Waals surface area contributed by atoms with E-state index in [0.29, 0.717) is 17.7 Å². The minimum atomic E-state index is -0.383. The van der Waals surface area contributed by atoms with Gasteiger partial charge in [0.25, 0.3) is 0 Å². The number of methoxy groups -OCH3 is 1. The van der Waals surface area contributed by atoms with E-state index in [1.807, 2.05) is 19.9 Å². The molecule has 4 heteroatoms. The van der Waals surface area contributed by atoms with Crippen LogP contribution in [-0.2, 0) is 6.42 Å². The van der Waals surface area contributed by atoms with Crippen LogP contribution < -0.4 is 4.74 Å². The van der Waals surface area contributed by atoms with Crippen LogP contribution in [0.15, 0.2) is 17.7 Å². The number of Topliss-reactive ketones (excluding diaryl/α,β-unsaturated/α-hetero) is 1. The van der Waals surface area contributed by atoms with Gasteiger partial charge in [0.05, 0.1) is 7.11 Å². The molecule has 0 aliphatic carbocycles. The molecule has 0 heterocycles. The van der Waals surface area contributed by atoms with E-state index in [1.165, 1.54) is 20.1 Å². The Bertz CT molecular complexity index is 497. The molecule has 0 spiro atoms. The van der Waals surface area contributed by atoms with E-state index >= 15 is 0 Å². The summed E-state index contributed by atoms with van der Waals surface area (Å²) in [6.45, 7) is 5.18. The molecule has 0 bridgehead atoms. The monoisotopic (exact) mass is 250 g/mol. The number of allylic oxidation sites excluding steroid dienone is 2. The number of carbonyl (C=O) groups is 1. The van der Waals surface area contributed by atoms with E-state index in [9.17, 15) is 15.0 Å². The number of phenols is 2. The predicted octanol–water partition coefficient (Wildman–Crippen LogP) is 2.82. The number of hydrogen-bond acceptors (Lipinski definition) is 4. The van der Waals surface area contributed by atoms with Gasteiger partial charge in [-0.2, -0.15) is 0 Å². The molecule has 0 amide bonds. The van der Waals surface area contributed by atoms with Gasteiger partial charge in [-0.25, -0.2) is 0 Å². The van der Waals surface area contributed by atoms with Crippen LogP contribution in [0.2, 0.25) is 0 Å². The van der Waals surface area contributed by atoms with Crippen LogP contribution in [0.4, 0.5) is 0 Å². The second-order valence-electron chi connectivity index (χ2n) is 4.34. The molecule has 0 unspecified atom stereocenters. The van der Waals surface area contributed by atoms with E-state index in [2.05, 4.69) is 0 Å². The van der Waals surface area contributed by atoms with Crippen molar-refractivity contribution in [2.45, 2.75) is 27.2 Å². The van der Waals surface area contributed by atoms with Gasteiger partial charge in [0, 0.05) is 11.6 Å². The van der Waals surface area contributed by atoms with Gasteiger partial charge in [-0.1, -0.05) is 11.6 Å². The van der Waals surface area contributed by atoms with Crippen molar-refractivity contribution in [2.24, 2.45) is 0 Å². The summed E-state index contributed by atoms with van der Waals surface area (Å²) in [6.07, 6.45) is 2.36. The molecular formula is C14H18O4. The summed E-state index contributed by atoms with van der Waals surface area (Å²) in [7, 11) is 1.45. The number of aromatic hydroxyl groups is 2. The highest BCUT2D eigenvalue weighted by molar-refractivity contribution is 6.00. The van der Waals surface area contributed by atoms with E-state index in [1.54, 1.807) is 0 Å². The third kappa shape index (κ3) is 2.83. The number of hydrogen-bond donors (Lipinski definition) is 2. The highest BCUT2D eigenvalue weighted by atomic mass is 16.5. The number of carbonyl (C=O) groups excluding carboxylic acids is 1. The van der Waals surface area contributed by atoms with Crippen molar-refractivity contribution in [3.63, 3.8) is 0 Å². The van der Waals surface area contributed by atoms with E-state index in [-0.39, 0.29) is 22.8 Å². The van der Waals surface area contributed by atoms with Gasteiger partial charge in [0.2, 0.25) is 0 Å². The quantitative estimate of drug-likeness (QED) is 0.637. The first-order valence-electron chi connectivity index (χ1n) is 5.64. The molecule has 0 saturated carbocycles. The first-order chi connectivity index (χ1) is 8.38. The number of benzene rings is 1. The van der Waals surface area contributed by atoms with Crippen molar-refractivity contribution in [1.29, 1.82) is 0 Å². The maximum absolute atomic E-state index is 11.4. The average molecular weight is 250 g/mol. The largest absolute Gasteiger partial charge is 0.507 e. The fraction of sp³-hybridized carbons (Fsp3) is 0.357. The van der Waals surface area contributed by atoms with Crippen molar-refractivity contribution in [2.75, 3.05) is 7.11 Å². The highest BCUT2D eigenvalue weighted by Crippen LogP contribution is 2.38. The zero-order valence-electron chi connectivity index (χ0n) is 11.1. The van der Waals surface area contributed by atoms with Gasteiger partial charge in [-0.3, -0.25) is 4.79 Å². The molecule has 0 aliphatic rings. The first-order valence-corrected chi connectivity index (χ1v) is 5.64. The fourth-order valence-electron chi connectivity index (χ4n) is 1.71. The zero-order valence-corrected chi connectivity index (χ0v) is 11.1. The van der Waals surface area contributed by atoms with Crippen LogP contribution in [-0.4, -0.2) is 23.1 Å². The van der Waals surface area contributed by atoms with Gasteiger partial charge in [0.1, 0.15) is 22.8 Å². The normalized spacial score (nSPS) is 10.0. The van der Waals surface area contributed by atoms with Gasteiger partial charge in [0.15, 0.2) is 5.78 Å². The SMILES string of the molecule is COc1cc(O)c(C(C)=O)c(O)c1CC=C(C)C. The number of phenolic OH excluding ortho intramolecular Hbond substituents is 2. The highest BCUT2D eigenvalue weighted by Gasteiger charge is 2.20. The molecular weight excluding hydrogens is 232 g/mol. The lowest BCUT2D eigenvalue weighted by molar-refractivity contribution is 0.101. The van der Waals surface area contributed by atoms with Crippen molar-refractivity contribution in [3.05, 3.63) is 28.8 Å². The van der Waals surface area contributed by atoms with E-state index in [0.717, 1.165) is 5.57 Å².